The Labute approximate surface area is 161 Å². The molecule has 27 heavy (non-hydrogen) atoms. The molecule has 1 N–H and O–H groups in total. The van der Waals surface area contributed by atoms with Gasteiger partial charge in [-0.1, -0.05) is 18.2 Å². The van der Waals surface area contributed by atoms with Gasteiger partial charge in [0.05, 0.1) is 20.3 Å². The van der Waals surface area contributed by atoms with Gasteiger partial charge >= 0.3 is 0 Å². The van der Waals surface area contributed by atoms with Crippen molar-refractivity contribution in [1.82, 2.24) is 5.32 Å². The molecule has 0 aliphatic rings. The molecule has 0 fully saturated rings. The Morgan fingerprint density at radius 3 is 2.70 bits per heavy atom. The minimum Gasteiger partial charge on any atom is -0.494 e. The number of ether oxygens (including phenoxy) is 3. The molecule has 144 valence electrons. The molecule has 2 rings (SSSR count). The van der Waals surface area contributed by atoms with Crippen LogP contribution in [0.3, 0.4) is 0 Å². The summed E-state index contributed by atoms with van der Waals surface area (Å²) in [5.41, 5.74) is 2.04. The van der Waals surface area contributed by atoms with Gasteiger partial charge in [0.2, 0.25) is 5.91 Å². The lowest BCUT2D eigenvalue weighted by Crippen LogP contribution is -2.23. The average molecular weight is 369 g/mol. The first-order valence-corrected chi connectivity index (χ1v) is 9.08. The quantitative estimate of drug-likeness (QED) is 0.508. The molecule has 0 atom stereocenters. The lowest BCUT2D eigenvalue weighted by Gasteiger charge is -2.09. The van der Waals surface area contributed by atoms with Crippen LogP contribution in [0.1, 0.15) is 24.5 Å². The molecule has 5 nitrogen and oxygen atoms in total. The molecule has 2 aromatic carbocycles. The normalized spacial score (nSPS) is 10.6. The van der Waals surface area contributed by atoms with Crippen LogP contribution in [0.5, 0.6) is 17.2 Å². The van der Waals surface area contributed by atoms with E-state index in [4.69, 9.17) is 14.2 Å². The lowest BCUT2D eigenvalue weighted by molar-refractivity contribution is -0.116. The standard InChI is InChI=1S/C22H27NO4/c1-4-26-21-16-18(9-11-20(21)25-3)10-12-22(24)23-13-6-14-27-19-8-5-7-17(2)15-19/h5,7-12,15-16H,4,6,13-14H2,1-3H3,(H,23,24)/b12-10+. The number of nitrogens with one attached hydrogen (secondary N) is 1. The molecular formula is C22H27NO4. The number of rotatable bonds is 10. The third-order valence-electron chi connectivity index (χ3n) is 3.79. The predicted octanol–water partition coefficient (Wildman–Crippen LogP) is 4.00. The van der Waals surface area contributed by atoms with Crippen molar-refractivity contribution in [2.24, 2.45) is 0 Å². The Morgan fingerprint density at radius 1 is 1.11 bits per heavy atom. The zero-order valence-corrected chi connectivity index (χ0v) is 16.2. The van der Waals surface area contributed by atoms with Crippen LogP contribution in [0.15, 0.2) is 48.5 Å². The van der Waals surface area contributed by atoms with Gasteiger partial charge in [0.1, 0.15) is 5.75 Å². The van der Waals surface area contributed by atoms with Crippen molar-refractivity contribution < 1.29 is 19.0 Å². The number of carbonyl (C=O) groups is 1. The number of hydrogen-bond donors (Lipinski definition) is 1. The van der Waals surface area contributed by atoms with Gasteiger partial charge in [-0.15, -0.1) is 0 Å². The molecule has 5 heteroatoms. The van der Waals surface area contributed by atoms with Crippen molar-refractivity contribution in [2.75, 3.05) is 26.9 Å². The zero-order valence-electron chi connectivity index (χ0n) is 16.2. The van der Waals surface area contributed by atoms with Gasteiger partial charge < -0.3 is 19.5 Å². The first-order chi connectivity index (χ1) is 13.1. The van der Waals surface area contributed by atoms with Crippen molar-refractivity contribution in [1.29, 1.82) is 0 Å². The Hall–Kier alpha value is -2.95. The third-order valence-corrected chi connectivity index (χ3v) is 3.79. The van der Waals surface area contributed by atoms with Gasteiger partial charge in [0, 0.05) is 12.6 Å². The fourth-order valence-corrected chi connectivity index (χ4v) is 2.48. The van der Waals surface area contributed by atoms with E-state index in [1.165, 1.54) is 6.08 Å². The predicted molar refractivity (Wildman–Crippen MR) is 107 cm³/mol. The molecule has 0 heterocycles. The molecule has 0 aromatic heterocycles. The van der Waals surface area contributed by atoms with E-state index in [1.54, 1.807) is 13.2 Å². The van der Waals surface area contributed by atoms with Crippen LogP contribution in [0.4, 0.5) is 0 Å². The van der Waals surface area contributed by atoms with Crippen molar-refractivity contribution in [3.8, 4) is 17.2 Å². The molecule has 1 amide bonds. The fraction of sp³-hybridized carbons (Fsp3) is 0.318. The Balaban J connectivity index is 1.74. The van der Waals surface area contributed by atoms with Crippen molar-refractivity contribution in [3.05, 3.63) is 59.7 Å². The van der Waals surface area contributed by atoms with Gasteiger partial charge in [-0.05, 0) is 61.7 Å². The van der Waals surface area contributed by atoms with E-state index in [0.29, 0.717) is 31.3 Å². The number of carbonyl (C=O) groups excluding carboxylic acids is 1. The highest BCUT2D eigenvalue weighted by Gasteiger charge is 2.04. The minimum atomic E-state index is -0.140. The van der Waals surface area contributed by atoms with Crippen LogP contribution >= 0.6 is 0 Å². The van der Waals surface area contributed by atoms with Crippen LogP contribution < -0.4 is 19.5 Å². The van der Waals surface area contributed by atoms with Crippen LogP contribution in [0, 0.1) is 6.92 Å². The third kappa shape index (κ3) is 7.05. The van der Waals surface area contributed by atoms with E-state index in [1.807, 2.05) is 56.3 Å². The lowest BCUT2D eigenvalue weighted by atomic mass is 10.2. The fourth-order valence-electron chi connectivity index (χ4n) is 2.48. The maximum atomic E-state index is 11.9. The summed E-state index contributed by atoms with van der Waals surface area (Å²) in [6.07, 6.45) is 4.00. The highest BCUT2D eigenvalue weighted by Crippen LogP contribution is 2.28. The summed E-state index contributed by atoms with van der Waals surface area (Å²) in [5.74, 6) is 2.05. The van der Waals surface area contributed by atoms with E-state index in [9.17, 15) is 4.79 Å². The Morgan fingerprint density at radius 2 is 1.96 bits per heavy atom. The van der Waals surface area contributed by atoms with Crippen LogP contribution in [0.2, 0.25) is 0 Å². The summed E-state index contributed by atoms with van der Waals surface area (Å²) in [6.45, 7) is 5.61. The molecule has 0 radical (unpaired) electrons. The van der Waals surface area contributed by atoms with Gasteiger partial charge in [0.15, 0.2) is 11.5 Å². The largest absolute Gasteiger partial charge is 0.494 e. The summed E-state index contributed by atoms with van der Waals surface area (Å²) in [5, 5.41) is 2.85. The molecule has 0 unspecified atom stereocenters. The monoisotopic (exact) mass is 369 g/mol. The van der Waals surface area contributed by atoms with E-state index in [2.05, 4.69) is 5.32 Å². The maximum absolute atomic E-state index is 11.9. The summed E-state index contributed by atoms with van der Waals surface area (Å²) < 4.78 is 16.5. The summed E-state index contributed by atoms with van der Waals surface area (Å²) >= 11 is 0. The molecular weight excluding hydrogens is 342 g/mol. The first-order valence-electron chi connectivity index (χ1n) is 9.08. The topological polar surface area (TPSA) is 56.8 Å². The minimum absolute atomic E-state index is 0.140. The average Bonchev–Trinajstić information content (AvgIpc) is 2.66. The SMILES string of the molecule is CCOc1cc(/C=C/C(=O)NCCCOc2cccc(C)c2)ccc1OC. The second kappa shape index (κ2) is 10.9. The molecule has 0 saturated carbocycles. The van der Waals surface area contributed by atoms with Crippen molar-refractivity contribution in [2.45, 2.75) is 20.3 Å². The number of aryl methyl sites for hydroxylation is 1. The number of benzene rings is 2. The van der Waals surface area contributed by atoms with E-state index < -0.39 is 0 Å². The highest BCUT2D eigenvalue weighted by atomic mass is 16.5. The maximum Gasteiger partial charge on any atom is 0.244 e. The molecule has 0 spiro atoms. The molecule has 0 bridgehead atoms. The van der Waals surface area contributed by atoms with Crippen molar-refractivity contribution >= 4 is 12.0 Å². The molecule has 0 aliphatic heterocycles. The van der Waals surface area contributed by atoms with Crippen LogP contribution in [-0.2, 0) is 4.79 Å². The van der Waals surface area contributed by atoms with E-state index in [0.717, 1.165) is 23.3 Å². The molecule has 0 aliphatic carbocycles. The van der Waals surface area contributed by atoms with E-state index in [-0.39, 0.29) is 5.91 Å². The second-order valence-electron chi connectivity index (χ2n) is 5.99. The zero-order chi connectivity index (χ0) is 19.5. The van der Waals surface area contributed by atoms with Crippen molar-refractivity contribution in [3.63, 3.8) is 0 Å². The Kier molecular flexibility index (Phi) is 8.23. The van der Waals surface area contributed by atoms with Gasteiger partial charge in [0.25, 0.3) is 0 Å². The first kappa shape index (κ1) is 20.4. The van der Waals surface area contributed by atoms with Gasteiger partial charge in [-0.2, -0.15) is 0 Å². The number of hydrogen-bond acceptors (Lipinski definition) is 4. The molecule has 0 saturated heterocycles. The van der Waals surface area contributed by atoms with Crippen LogP contribution in [0.25, 0.3) is 6.08 Å². The molecule has 2 aromatic rings. The summed E-state index contributed by atoms with van der Waals surface area (Å²) in [6, 6.07) is 13.5. The number of methoxy groups -OCH3 is 1. The van der Waals surface area contributed by atoms with Gasteiger partial charge in [-0.25, -0.2) is 0 Å². The smallest absolute Gasteiger partial charge is 0.244 e. The second-order valence-corrected chi connectivity index (χ2v) is 5.99. The van der Waals surface area contributed by atoms with E-state index >= 15 is 0 Å². The Bertz CT molecular complexity index is 771. The summed E-state index contributed by atoms with van der Waals surface area (Å²) in [7, 11) is 1.60. The summed E-state index contributed by atoms with van der Waals surface area (Å²) in [4.78, 5) is 11.9. The van der Waals surface area contributed by atoms with Crippen LogP contribution in [-0.4, -0.2) is 32.8 Å². The number of amides is 1. The van der Waals surface area contributed by atoms with Gasteiger partial charge in [-0.3, -0.25) is 4.79 Å². The highest BCUT2D eigenvalue weighted by molar-refractivity contribution is 5.91.